The van der Waals surface area contributed by atoms with Gasteiger partial charge in [-0.1, -0.05) is 25.1 Å². The first-order valence-electron chi connectivity index (χ1n) is 10.2. The Bertz CT molecular complexity index is 1060. The van der Waals surface area contributed by atoms with Crippen molar-refractivity contribution in [2.24, 2.45) is 16.1 Å². The van der Waals surface area contributed by atoms with Crippen LogP contribution in [0.25, 0.3) is 0 Å². The molecule has 9 nitrogen and oxygen atoms in total. The Hall–Kier alpha value is -3.88. The number of hydrogen-bond acceptors (Lipinski definition) is 8. The smallest absolute Gasteiger partial charge is 0.351 e. The molecule has 1 aliphatic heterocycles. The van der Waals surface area contributed by atoms with E-state index in [9.17, 15) is 10.1 Å². The molecule has 0 aliphatic carbocycles. The Morgan fingerprint density at radius 2 is 1.65 bits per heavy atom. The lowest BCUT2D eigenvalue weighted by molar-refractivity contribution is -0.383. The summed E-state index contributed by atoms with van der Waals surface area (Å²) in [7, 11) is 0. The standard InChI is InChI=1S/C22H23N7O2/c1-16-11-13-28(14-12-16)22-20(29(30)31)21(23-15-24-22)25-17-7-9-19(10-8-17)27-26-18-5-3-2-4-6-18/h2-10,15-16H,11-14H2,1H3,(H,23,24,25). The van der Waals surface area contributed by atoms with Gasteiger partial charge in [-0.2, -0.15) is 10.2 Å². The molecular formula is C22H23N7O2. The molecule has 0 spiro atoms. The molecule has 2 aromatic carbocycles. The third-order valence-electron chi connectivity index (χ3n) is 5.24. The maximum absolute atomic E-state index is 11.8. The van der Waals surface area contributed by atoms with Crippen LogP contribution in [0.5, 0.6) is 0 Å². The average molecular weight is 417 g/mol. The Morgan fingerprint density at radius 3 is 2.29 bits per heavy atom. The first-order valence-corrected chi connectivity index (χ1v) is 10.2. The zero-order valence-corrected chi connectivity index (χ0v) is 17.2. The van der Waals surface area contributed by atoms with E-state index in [1.54, 1.807) is 24.3 Å². The van der Waals surface area contributed by atoms with Crippen LogP contribution >= 0.6 is 0 Å². The summed E-state index contributed by atoms with van der Waals surface area (Å²) in [5, 5.41) is 23.3. The van der Waals surface area contributed by atoms with Gasteiger partial charge in [0.05, 0.1) is 16.3 Å². The highest BCUT2D eigenvalue weighted by molar-refractivity contribution is 5.74. The van der Waals surface area contributed by atoms with Crippen LogP contribution < -0.4 is 10.2 Å². The zero-order valence-electron chi connectivity index (χ0n) is 17.2. The van der Waals surface area contributed by atoms with Crippen LogP contribution in [0, 0.1) is 16.0 Å². The van der Waals surface area contributed by atoms with E-state index < -0.39 is 4.92 Å². The second kappa shape index (κ2) is 9.29. The highest BCUT2D eigenvalue weighted by atomic mass is 16.6. The molecule has 0 radical (unpaired) electrons. The van der Waals surface area contributed by atoms with Crippen molar-refractivity contribution in [3.63, 3.8) is 0 Å². The predicted octanol–water partition coefficient (Wildman–Crippen LogP) is 5.78. The molecule has 158 valence electrons. The summed E-state index contributed by atoms with van der Waals surface area (Å²) < 4.78 is 0. The fraction of sp³-hybridized carbons (Fsp3) is 0.273. The summed E-state index contributed by atoms with van der Waals surface area (Å²) in [5.74, 6) is 1.15. The summed E-state index contributed by atoms with van der Waals surface area (Å²) in [6, 6.07) is 16.6. The van der Waals surface area contributed by atoms with Crippen LogP contribution in [0.4, 0.5) is 34.4 Å². The van der Waals surface area contributed by atoms with Crippen molar-refractivity contribution in [3.8, 4) is 0 Å². The second-order valence-electron chi connectivity index (χ2n) is 7.53. The first kappa shape index (κ1) is 20.4. The molecule has 1 saturated heterocycles. The Morgan fingerprint density at radius 1 is 1.00 bits per heavy atom. The van der Waals surface area contributed by atoms with Crippen molar-refractivity contribution >= 4 is 34.4 Å². The number of rotatable bonds is 6. The van der Waals surface area contributed by atoms with E-state index in [1.807, 2.05) is 35.2 Å². The quantitative estimate of drug-likeness (QED) is 0.309. The zero-order chi connectivity index (χ0) is 21.6. The Kier molecular flexibility index (Phi) is 6.11. The number of piperidine rings is 1. The van der Waals surface area contributed by atoms with Gasteiger partial charge in [-0.15, -0.1) is 0 Å². The van der Waals surface area contributed by atoms with E-state index in [2.05, 4.69) is 32.4 Å². The van der Waals surface area contributed by atoms with Crippen LogP contribution in [0.3, 0.4) is 0 Å². The van der Waals surface area contributed by atoms with Crippen LogP contribution in [0.1, 0.15) is 19.8 Å². The molecule has 1 aliphatic rings. The van der Waals surface area contributed by atoms with Gasteiger partial charge >= 0.3 is 5.69 Å². The van der Waals surface area contributed by atoms with Gasteiger partial charge in [0.25, 0.3) is 0 Å². The molecule has 0 atom stereocenters. The Labute approximate surface area is 180 Å². The molecule has 0 amide bonds. The number of nitrogens with zero attached hydrogens (tertiary/aromatic N) is 6. The molecule has 0 unspecified atom stereocenters. The van der Waals surface area contributed by atoms with Gasteiger partial charge in [-0.25, -0.2) is 9.97 Å². The molecule has 31 heavy (non-hydrogen) atoms. The minimum absolute atomic E-state index is 0.107. The van der Waals surface area contributed by atoms with Crippen LogP contribution in [-0.4, -0.2) is 28.0 Å². The summed E-state index contributed by atoms with van der Waals surface area (Å²) >= 11 is 0. The average Bonchev–Trinajstić information content (AvgIpc) is 2.79. The van der Waals surface area contributed by atoms with Crippen LogP contribution in [0.2, 0.25) is 0 Å². The van der Waals surface area contributed by atoms with Gasteiger partial charge in [-0.3, -0.25) is 10.1 Å². The number of benzene rings is 2. The van der Waals surface area contributed by atoms with Crippen LogP contribution in [0.15, 0.2) is 71.2 Å². The molecule has 1 fully saturated rings. The minimum atomic E-state index is -0.419. The molecule has 1 N–H and O–H groups in total. The van der Waals surface area contributed by atoms with E-state index in [-0.39, 0.29) is 11.5 Å². The van der Waals surface area contributed by atoms with Gasteiger partial charge in [0, 0.05) is 18.8 Å². The highest BCUT2D eigenvalue weighted by Gasteiger charge is 2.29. The van der Waals surface area contributed by atoms with Gasteiger partial charge in [0.2, 0.25) is 11.6 Å². The minimum Gasteiger partial charge on any atom is -0.351 e. The molecule has 0 saturated carbocycles. The number of azo groups is 1. The van der Waals surface area contributed by atoms with Crippen molar-refractivity contribution in [1.82, 2.24) is 9.97 Å². The van der Waals surface area contributed by atoms with Gasteiger partial charge in [-0.05, 0) is 55.2 Å². The lowest BCUT2D eigenvalue weighted by Gasteiger charge is -2.30. The molecular weight excluding hydrogens is 394 g/mol. The van der Waals surface area contributed by atoms with E-state index in [1.165, 1.54) is 6.33 Å². The molecule has 4 rings (SSSR count). The Balaban J connectivity index is 1.53. The maximum atomic E-state index is 11.8. The maximum Gasteiger partial charge on any atom is 0.353 e. The van der Waals surface area contributed by atoms with Crippen molar-refractivity contribution in [3.05, 3.63) is 71.0 Å². The van der Waals surface area contributed by atoms with E-state index >= 15 is 0 Å². The lowest BCUT2D eigenvalue weighted by Crippen LogP contribution is -2.34. The summed E-state index contributed by atoms with van der Waals surface area (Å²) in [4.78, 5) is 21.8. The van der Waals surface area contributed by atoms with E-state index in [0.29, 0.717) is 23.1 Å². The summed E-state index contributed by atoms with van der Waals surface area (Å²) in [5.41, 5.74) is 2.00. The molecule has 2 heterocycles. The molecule has 3 aromatic rings. The number of nitrogens with one attached hydrogen (secondary N) is 1. The fourth-order valence-corrected chi connectivity index (χ4v) is 3.44. The predicted molar refractivity (Wildman–Crippen MR) is 120 cm³/mol. The number of aromatic nitrogens is 2. The molecule has 0 bridgehead atoms. The van der Waals surface area contributed by atoms with E-state index in [4.69, 9.17) is 0 Å². The summed E-state index contributed by atoms with van der Waals surface area (Å²) in [6.07, 6.45) is 3.34. The topological polar surface area (TPSA) is 109 Å². The normalized spacial score (nSPS) is 14.7. The highest BCUT2D eigenvalue weighted by Crippen LogP contribution is 2.35. The van der Waals surface area contributed by atoms with Crippen LogP contribution in [-0.2, 0) is 0 Å². The number of hydrogen-bond donors (Lipinski definition) is 1. The number of nitro groups is 1. The van der Waals surface area contributed by atoms with Crippen molar-refractivity contribution in [2.45, 2.75) is 19.8 Å². The SMILES string of the molecule is CC1CCN(c2ncnc(Nc3ccc(N=Nc4ccccc4)cc3)c2[N+](=O)[O-])CC1. The number of anilines is 3. The second-order valence-corrected chi connectivity index (χ2v) is 7.53. The first-order chi connectivity index (χ1) is 15.1. The molecule has 1 aromatic heterocycles. The van der Waals surface area contributed by atoms with Gasteiger partial charge < -0.3 is 10.2 Å². The molecule has 9 heteroatoms. The van der Waals surface area contributed by atoms with Crippen molar-refractivity contribution in [2.75, 3.05) is 23.3 Å². The monoisotopic (exact) mass is 417 g/mol. The van der Waals surface area contributed by atoms with E-state index in [0.717, 1.165) is 31.6 Å². The summed E-state index contributed by atoms with van der Waals surface area (Å²) in [6.45, 7) is 3.70. The lowest BCUT2D eigenvalue weighted by atomic mass is 9.99. The third-order valence-corrected chi connectivity index (χ3v) is 5.24. The largest absolute Gasteiger partial charge is 0.353 e. The van der Waals surface area contributed by atoms with Crippen molar-refractivity contribution in [1.29, 1.82) is 0 Å². The van der Waals surface area contributed by atoms with Crippen molar-refractivity contribution < 1.29 is 4.92 Å². The fourth-order valence-electron chi connectivity index (χ4n) is 3.44. The van der Waals surface area contributed by atoms with Gasteiger partial charge in [0.1, 0.15) is 6.33 Å². The third kappa shape index (κ3) is 5.00. The van der Waals surface area contributed by atoms with Gasteiger partial charge in [0.15, 0.2) is 0 Å².